The second kappa shape index (κ2) is 7.77. The summed E-state index contributed by atoms with van der Waals surface area (Å²) in [6.45, 7) is 1.67. The smallest absolute Gasteiger partial charge is 0.287 e. The van der Waals surface area contributed by atoms with Crippen LogP contribution in [0.25, 0.3) is 22.5 Å². The number of benzene rings is 1. The van der Waals surface area contributed by atoms with Gasteiger partial charge in [0.25, 0.3) is 10.7 Å². The van der Waals surface area contributed by atoms with E-state index in [9.17, 15) is 0 Å². The number of aromatic nitrogens is 3. The van der Waals surface area contributed by atoms with Crippen molar-refractivity contribution in [3.05, 3.63) is 35.2 Å². The van der Waals surface area contributed by atoms with Gasteiger partial charge in [-0.15, -0.1) is 5.10 Å². The lowest BCUT2D eigenvalue weighted by Crippen LogP contribution is -2.03. The molecule has 0 aliphatic rings. The molecule has 0 aliphatic heterocycles. The summed E-state index contributed by atoms with van der Waals surface area (Å²) in [5.41, 5.74) is 2.18. The average Bonchev–Trinajstić information content (AvgIpc) is 3.11. The number of aryl methyl sites for hydroxylation is 2. The molecule has 7 heteroatoms. The van der Waals surface area contributed by atoms with Crippen molar-refractivity contribution >= 4 is 55.0 Å². The summed E-state index contributed by atoms with van der Waals surface area (Å²) in [5.74, 6) is 0.593. The molecule has 0 bridgehead atoms. The van der Waals surface area contributed by atoms with Crippen LogP contribution in [0.15, 0.2) is 34.7 Å². The van der Waals surface area contributed by atoms with Crippen molar-refractivity contribution in [2.45, 2.75) is 25.9 Å². The van der Waals surface area contributed by atoms with E-state index < -0.39 is 0 Å². The summed E-state index contributed by atoms with van der Waals surface area (Å²) >= 11 is 12.2. The molecular formula is C16H17Br2N3OS. The maximum Gasteiger partial charge on any atom is 0.287 e. The van der Waals surface area contributed by atoms with Gasteiger partial charge in [-0.05, 0) is 37.2 Å². The number of fused-ring (bicyclic) bond motifs is 1. The molecule has 0 saturated carbocycles. The van der Waals surface area contributed by atoms with Crippen LogP contribution in [0.4, 0.5) is 0 Å². The number of alkyl halides is 2. The minimum Gasteiger partial charge on any atom is -0.408 e. The Morgan fingerprint density at radius 3 is 2.61 bits per heavy atom. The molecule has 2 aromatic heterocycles. The number of hydrogen-bond acceptors (Lipinski definition) is 3. The van der Waals surface area contributed by atoms with Crippen LogP contribution in [0, 0.1) is 4.84 Å². The molecule has 122 valence electrons. The summed E-state index contributed by atoms with van der Waals surface area (Å²) in [6, 6.07) is 10.5. The largest absolute Gasteiger partial charge is 0.408 e. The zero-order valence-electron chi connectivity index (χ0n) is 12.5. The number of rotatable bonds is 7. The third-order valence-corrected chi connectivity index (χ3v) is 5.07. The van der Waals surface area contributed by atoms with Crippen molar-refractivity contribution in [1.29, 1.82) is 0 Å². The third-order valence-electron chi connectivity index (χ3n) is 3.65. The Morgan fingerprint density at radius 2 is 1.83 bits per heavy atom. The third kappa shape index (κ3) is 3.61. The number of halogens is 2. The summed E-state index contributed by atoms with van der Waals surface area (Å²) in [6.07, 6.45) is 2.00. The van der Waals surface area contributed by atoms with E-state index >= 15 is 0 Å². The van der Waals surface area contributed by atoms with Crippen molar-refractivity contribution in [3.63, 3.8) is 0 Å². The summed E-state index contributed by atoms with van der Waals surface area (Å²) in [4.78, 5) is 0.429. The van der Waals surface area contributed by atoms with Gasteiger partial charge in [-0.3, -0.25) is 0 Å². The molecule has 0 amide bonds. The monoisotopic (exact) mass is 457 g/mol. The molecule has 0 aliphatic carbocycles. The standard InChI is InChI=1S/C16H17Br2N3OS/c17-7-3-9-20-13-6-2-1-5-12(13)11-14(20)15-19-21(10-4-8-18)16(23)22-15/h1-2,5-6,11H,3-4,7-10H2. The highest BCUT2D eigenvalue weighted by Crippen LogP contribution is 2.28. The summed E-state index contributed by atoms with van der Waals surface area (Å²) in [5, 5.41) is 7.64. The van der Waals surface area contributed by atoms with Crippen LogP contribution in [-0.4, -0.2) is 25.0 Å². The van der Waals surface area contributed by atoms with Gasteiger partial charge in [0, 0.05) is 34.7 Å². The molecule has 23 heavy (non-hydrogen) atoms. The van der Waals surface area contributed by atoms with Crippen LogP contribution in [0.3, 0.4) is 0 Å². The number of hydrogen-bond donors (Lipinski definition) is 0. The van der Waals surface area contributed by atoms with Crippen molar-refractivity contribution in [3.8, 4) is 11.6 Å². The molecule has 2 heterocycles. The van der Waals surface area contributed by atoms with Crippen LogP contribution in [0.5, 0.6) is 0 Å². The molecule has 0 fully saturated rings. The van der Waals surface area contributed by atoms with Gasteiger partial charge >= 0.3 is 0 Å². The van der Waals surface area contributed by atoms with E-state index in [0.29, 0.717) is 10.7 Å². The van der Waals surface area contributed by atoms with Gasteiger partial charge in [-0.2, -0.15) is 0 Å². The lowest BCUT2D eigenvalue weighted by atomic mass is 10.2. The fourth-order valence-electron chi connectivity index (χ4n) is 2.61. The van der Waals surface area contributed by atoms with Crippen LogP contribution < -0.4 is 0 Å². The van der Waals surface area contributed by atoms with Crippen LogP contribution in [0.1, 0.15) is 12.8 Å². The Labute approximate surface area is 156 Å². The Kier molecular flexibility index (Phi) is 5.71. The molecule has 4 nitrogen and oxygen atoms in total. The summed E-state index contributed by atoms with van der Waals surface area (Å²) in [7, 11) is 0. The van der Waals surface area contributed by atoms with Gasteiger partial charge in [0.2, 0.25) is 0 Å². The quantitative estimate of drug-likeness (QED) is 0.351. The topological polar surface area (TPSA) is 35.9 Å². The van der Waals surface area contributed by atoms with E-state index in [1.807, 2.05) is 6.07 Å². The van der Waals surface area contributed by atoms with E-state index in [2.05, 4.69) is 65.8 Å². The van der Waals surface area contributed by atoms with Gasteiger partial charge in [-0.25, -0.2) is 4.68 Å². The van der Waals surface area contributed by atoms with Crippen molar-refractivity contribution in [2.75, 3.05) is 10.7 Å². The second-order valence-electron chi connectivity index (χ2n) is 5.22. The van der Waals surface area contributed by atoms with E-state index in [1.54, 1.807) is 4.68 Å². The number of para-hydroxylation sites is 1. The molecule has 0 spiro atoms. The van der Waals surface area contributed by atoms with Gasteiger partial charge in [0.1, 0.15) is 5.69 Å². The Morgan fingerprint density at radius 1 is 1.09 bits per heavy atom. The van der Waals surface area contributed by atoms with Crippen LogP contribution in [0.2, 0.25) is 0 Å². The maximum absolute atomic E-state index is 5.77. The normalized spacial score (nSPS) is 11.4. The van der Waals surface area contributed by atoms with E-state index in [1.165, 1.54) is 10.9 Å². The van der Waals surface area contributed by atoms with E-state index in [-0.39, 0.29) is 0 Å². The first-order valence-corrected chi connectivity index (χ1v) is 10.2. The Hall–Kier alpha value is -0.920. The lowest BCUT2D eigenvalue weighted by Gasteiger charge is -2.07. The van der Waals surface area contributed by atoms with Crippen LogP contribution in [-0.2, 0) is 13.1 Å². The average molecular weight is 459 g/mol. The second-order valence-corrected chi connectivity index (χ2v) is 7.16. The maximum atomic E-state index is 5.77. The van der Waals surface area contributed by atoms with E-state index in [0.717, 1.165) is 42.3 Å². The summed E-state index contributed by atoms with van der Waals surface area (Å²) < 4.78 is 9.79. The highest BCUT2D eigenvalue weighted by atomic mass is 79.9. The minimum atomic E-state index is 0.429. The van der Waals surface area contributed by atoms with Gasteiger partial charge in [0.15, 0.2) is 0 Å². The zero-order valence-corrected chi connectivity index (χ0v) is 16.5. The minimum absolute atomic E-state index is 0.429. The molecular weight excluding hydrogens is 442 g/mol. The molecule has 3 rings (SSSR count). The fourth-order valence-corrected chi connectivity index (χ4v) is 3.32. The van der Waals surface area contributed by atoms with Gasteiger partial charge in [-0.1, -0.05) is 50.1 Å². The van der Waals surface area contributed by atoms with Crippen LogP contribution >= 0.6 is 44.1 Å². The molecule has 0 N–H and O–H groups in total. The Bertz CT molecular complexity index is 852. The molecule has 3 aromatic rings. The molecule has 0 unspecified atom stereocenters. The fraction of sp³-hybridized carbons (Fsp3) is 0.375. The highest BCUT2D eigenvalue weighted by Gasteiger charge is 2.16. The predicted molar refractivity (Wildman–Crippen MR) is 103 cm³/mol. The van der Waals surface area contributed by atoms with Crippen molar-refractivity contribution in [1.82, 2.24) is 14.3 Å². The Balaban J connectivity index is 2.06. The molecule has 0 saturated heterocycles. The van der Waals surface area contributed by atoms with E-state index in [4.69, 9.17) is 16.6 Å². The first-order chi connectivity index (χ1) is 11.2. The predicted octanol–water partition coefficient (Wildman–Crippen LogP) is 5.40. The highest BCUT2D eigenvalue weighted by molar-refractivity contribution is 9.09. The first kappa shape index (κ1) is 16.9. The van der Waals surface area contributed by atoms with Gasteiger partial charge in [0.05, 0.1) is 0 Å². The molecule has 0 atom stereocenters. The van der Waals surface area contributed by atoms with Gasteiger partial charge < -0.3 is 8.98 Å². The first-order valence-electron chi connectivity index (χ1n) is 7.53. The zero-order chi connectivity index (χ0) is 16.2. The lowest BCUT2D eigenvalue weighted by molar-refractivity contribution is 0.506. The SMILES string of the molecule is S=c1oc(-c2cc3ccccc3n2CCCBr)nn1CCCBr. The molecule has 0 radical (unpaired) electrons. The van der Waals surface area contributed by atoms with Crippen molar-refractivity contribution in [2.24, 2.45) is 0 Å². The van der Waals surface area contributed by atoms with Crippen molar-refractivity contribution < 1.29 is 4.42 Å². The number of nitrogens with zero attached hydrogens (tertiary/aromatic N) is 3. The molecule has 1 aromatic carbocycles.